The zero-order valence-corrected chi connectivity index (χ0v) is 11.5. The molecule has 1 saturated heterocycles. The molecule has 2 fully saturated rings. The van der Waals surface area contributed by atoms with Gasteiger partial charge < -0.3 is 10.5 Å². The molecule has 1 saturated carbocycles. The van der Waals surface area contributed by atoms with Gasteiger partial charge in [-0.25, -0.2) is 0 Å². The van der Waals surface area contributed by atoms with Gasteiger partial charge in [-0.1, -0.05) is 18.2 Å². The molecule has 0 radical (unpaired) electrons. The van der Waals surface area contributed by atoms with Gasteiger partial charge in [-0.3, -0.25) is 0 Å². The zero-order valence-electron chi connectivity index (χ0n) is 10.7. The van der Waals surface area contributed by atoms with Crippen molar-refractivity contribution in [3.8, 4) is 5.75 Å². The maximum atomic E-state index is 6.25. The predicted molar refractivity (Wildman–Crippen MR) is 77.4 cm³/mol. The smallest absolute Gasteiger partial charge is 0.123 e. The first-order chi connectivity index (χ1) is 8.84. The van der Waals surface area contributed by atoms with Gasteiger partial charge in [-0.2, -0.15) is 11.8 Å². The minimum Gasteiger partial charge on any atom is -0.490 e. The van der Waals surface area contributed by atoms with E-state index < -0.39 is 0 Å². The molecule has 1 aromatic rings. The maximum Gasteiger partial charge on any atom is 0.123 e. The van der Waals surface area contributed by atoms with Crippen molar-refractivity contribution in [1.82, 2.24) is 0 Å². The molecule has 2 aliphatic rings. The Morgan fingerprint density at radius 2 is 1.94 bits per heavy atom. The fraction of sp³-hybridized carbons (Fsp3) is 0.600. The third-order valence-electron chi connectivity index (χ3n) is 4.16. The molecular formula is C15H21NOS. The highest BCUT2D eigenvalue weighted by Gasteiger charge is 2.44. The molecule has 2 N–H and O–H groups in total. The molecule has 1 aliphatic carbocycles. The van der Waals surface area contributed by atoms with Gasteiger partial charge in [0.2, 0.25) is 0 Å². The SMILES string of the molecule is NCC1(c2ccccc2OC2CCSCC2)CC1. The van der Waals surface area contributed by atoms with Gasteiger partial charge in [0, 0.05) is 17.5 Å². The van der Waals surface area contributed by atoms with Crippen LogP contribution in [0, 0.1) is 0 Å². The van der Waals surface area contributed by atoms with Crippen LogP contribution in [0.2, 0.25) is 0 Å². The van der Waals surface area contributed by atoms with Crippen LogP contribution in [0.5, 0.6) is 5.75 Å². The molecule has 18 heavy (non-hydrogen) atoms. The van der Waals surface area contributed by atoms with E-state index in [-0.39, 0.29) is 5.41 Å². The van der Waals surface area contributed by atoms with Gasteiger partial charge in [0.05, 0.1) is 0 Å². The Bertz CT molecular complexity index is 411. The summed E-state index contributed by atoms with van der Waals surface area (Å²) in [5.74, 6) is 3.54. The lowest BCUT2D eigenvalue weighted by Gasteiger charge is -2.26. The van der Waals surface area contributed by atoms with Gasteiger partial charge in [-0.05, 0) is 43.3 Å². The van der Waals surface area contributed by atoms with Crippen molar-refractivity contribution in [2.75, 3.05) is 18.1 Å². The Kier molecular flexibility index (Phi) is 3.53. The Morgan fingerprint density at radius 1 is 1.22 bits per heavy atom. The monoisotopic (exact) mass is 263 g/mol. The quantitative estimate of drug-likeness (QED) is 0.907. The van der Waals surface area contributed by atoms with Crippen molar-refractivity contribution in [1.29, 1.82) is 0 Å². The molecule has 0 bridgehead atoms. The first kappa shape index (κ1) is 12.4. The first-order valence-corrected chi connectivity index (χ1v) is 8.03. The molecule has 0 spiro atoms. The molecule has 0 unspecified atom stereocenters. The molecular weight excluding hydrogens is 242 g/mol. The third kappa shape index (κ3) is 2.39. The van der Waals surface area contributed by atoms with Gasteiger partial charge in [0.25, 0.3) is 0 Å². The maximum absolute atomic E-state index is 6.25. The molecule has 2 nitrogen and oxygen atoms in total. The van der Waals surface area contributed by atoms with Crippen LogP contribution in [0.3, 0.4) is 0 Å². The minimum atomic E-state index is 0.222. The number of nitrogens with two attached hydrogens (primary N) is 1. The zero-order chi connectivity index (χ0) is 12.4. The summed E-state index contributed by atoms with van der Waals surface area (Å²) in [5, 5.41) is 0. The standard InChI is InChI=1S/C15H21NOS/c16-11-15(7-8-15)13-3-1-2-4-14(13)17-12-5-9-18-10-6-12/h1-4,12H,5-11,16H2. The minimum absolute atomic E-state index is 0.222. The second-order valence-electron chi connectivity index (χ2n) is 5.41. The summed E-state index contributed by atoms with van der Waals surface area (Å²) in [6, 6.07) is 8.50. The third-order valence-corrected chi connectivity index (χ3v) is 5.21. The van der Waals surface area contributed by atoms with Gasteiger partial charge in [0.15, 0.2) is 0 Å². The van der Waals surface area contributed by atoms with E-state index in [4.69, 9.17) is 10.5 Å². The highest BCUT2D eigenvalue weighted by Crippen LogP contribution is 2.50. The average Bonchev–Trinajstić information content (AvgIpc) is 3.22. The van der Waals surface area contributed by atoms with E-state index in [0.717, 1.165) is 12.3 Å². The van der Waals surface area contributed by atoms with E-state index in [9.17, 15) is 0 Å². The Balaban J connectivity index is 1.79. The van der Waals surface area contributed by atoms with Gasteiger partial charge >= 0.3 is 0 Å². The van der Waals surface area contributed by atoms with Crippen molar-refractivity contribution in [3.63, 3.8) is 0 Å². The topological polar surface area (TPSA) is 35.2 Å². The molecule has 3 rings (SSSR count). The summed E-state index contributed by atoms with van der Waals surface area (Å²) in [5.41, 5.74) is 7.50. The lowest BCUT2D eigenvalue weighted by Crippen LogP contribution is -2.25. The van der Waals surface area contributed by atoms with Gasteiger partial charge in [-0.15, -0.1) is 0 Å². The molecule has 3 heteroatoms. The number of hydrogen-bond acceptors (Lipinski definition) is 3. The van der Waals surface area contributed by atoms with E-state index in [1.54, 1.807) is 0 Å². The van der Waals surface area contributed by atoms with Crippen LogP contribution < -0.4 is 10.5 Å². The number of benzene rings is 1. The van der Waals surface area contributed by atoms with Crippen LogP contribution in [0.15, 0.2) is 24.3 Å². The van der Waals surface area contributed by atoms with Crippen molar-refractivity contribution in [3.05, 3.63) is 29.8 Å². The van der Waals surface area contributed by atoms with Crippen LogP contribution >= 0.6 is 11.8 Å². The summed E-state index contributed by atoms with van der Waals surface area (Å²) in [7, 11) is 0. The van der Waals surface area contributed by atoms with E-state index in [2.05, 4.69) is 24.3 Å². The molecule has 98 valence electrons. The molecule has 1 aromatic carbocycles. The number of hydrogen-bond donors (Lipinski definition) is 1. The van der Waals surface area contributed by atoms with E-state index in [0.29, 0.717) is 6.10 Å². The average molecular weight is 263 g/mol. The Hall–Kier alpha value is -0.670. The lowest BCUT2D eigenvalue weighted by atomic mass is 9.95. The molecule has 1 aliphatic heterocycles. The van der Waals surface area contributed by atoms with Gasteiger partial charge in [0.1, 0.15) is 11.9 Å². The molecule has 0 atom stereocenters. The number of para-hydroxylation sites is 1. The van der Waals surface area contributed by atoms with Crippen molar-refractivity contribution in [2.24, 2.45) is 5.73 Å². The lowest BCUT2D eigenvalue weighted by molar-refractivity contribution is 0.189. The Morgan fingerprint density at radius 3 is 2.61 bits per heavy atom. The normalized spacial score (nSPS) is 22.7. The van der Waals surface area contributed by atoms with E-state index in [1.807, 2.05) is 11.8 Å². The predicted octanol–water partition coefficient (Wildman–Crippen LogP) is 2.95. The second kappa shape index (κ2) is 5.14. The highest BCUT2D eigenvalue weighted by molar-refractivity contribution is 7.99. The summed E-state index contributed by atoms with van der Waals surface area (Å²) in [6.07, 6.45) is 5.18. The van der Waals surface area contributed by atoms with E-state index in [1.165, 1.54) is 42.8 Å². The summed E-state index contributed by atoms with van der Waals surface area (Å²) < 4.78 is 6.25. The summed E-state index contributed by atoms with van der Waals surface area (Å²) >= 11 is 2.04. The fourth-order valence-corrected chi connectivity index (χ4v) is 3.78. The first-order valence-electron chi connectivity index (χ1n) is 6.88. The van der Waals surface area contributed by atoms with Crippen molar-refractivity contribution < 1.29 is 4.74 Å². The van der Waals surface area contributed by atoms with Crippen molar-refractivity contribution >= 4 is 11.8 Å². The Labute approximate surface area is 113 Å². The van der Waals surface area contributed by atoms with Crippen LogP contribution in [0.1, 0.15) is 31.2 Å². The number of rotatable bonds is 4. The largest absolute Gasteiger partial charge is 0.490 e. The number of ether oxygens (including phenoxy) is 1. The highest BCUT2D eigenvalue weighted by atomic mass is 32.2. The molecule has 0 amide bonds. The van der Waals surface area contributed by atoms with Crippen LogP contribution in [-0.2, 0) is 5.41 Å². The van der Waals surface area contributed by atoms with Crippen LogP contribution in [0.25, 0.3) is 0 Å². The molecule has 1 heterocycles. The summed E-state index contributed by atoms with van der Waals surface area (Å²) in [4.78, 5) is 0. The van der Waals surface area contributed by atoms with Crippen LogP contribution in [-0.4, -0.2) is 24.2 Å². The second-order valence-corrected chi connectivity index (χ2v) is 6.63. The number of thioether (sulfide) groups is 1. The van der Waals surface area contributed by atoms with E-state index >= 15 is 0 Å². The summed E-state index contributed by atoms with van der Waals surface area (Å²) in [6.45, 7) is 0.744. The van der Waals surface area contributed by atoms with Crippen molar-refractivity contribution in [2.45, 2.75) is 37.2 Å². The molecule has 0 aromatic heterocycles. The fourth-order valence-electron chi connectivity index (χ4n) is 2.72. The van der Waals surface area contributed by atoms with Crippen LogP contribution in [0.4, 0.5) is 0 Å².